The monoisotopic (exact) mass is 312 g/mol. The molecular weight excluding hydrogens is 292 g/mol. The van der Waals surface area contributed by atoms with Crippen LogP contribution in [0.5, 0.6) is 0 Å². The van der Waals surface area contributed by atoms with Crippen LogP contribution in [0.4, 0.5) is 5.69 Å². The van der Waals surface area contributed by atoms with E-state index in [2.05, 4.69) is 12.2 Å². The third-order valence-electron chi connectivity index (χ3n) is 3.55. The second-order valence-electron chi connectivity index (χ2n) is 5.05. The Kier molecular flexibility index (Phi) is 5.61. The topological polar surface area (TPSA) is 32.3 Å². The number of amides is 1. The molecule has 1 N–H and O–H groups in total. The molecule has 0 bridgehead atoms. The minimum Gasteiger partial charge on any atom is -0.384 e. The van der Waals surface area contributed by atoms with Gasteiger partial charge in [0.25, 0.3) is 5.91 Å². The summed E-state index contributed by atoms with van der Waals surface area (Å²) in [5.41, 5.74) is 1.55. The third kappa shape index (κ3) is 3.61. The van der Waals surface area contributed by atoms with Crippen LogP contribution in [0.25, 0.3) is 0 Å². The van der Waals surface area contributed by atoms with Crippen molar-refractivity contribution in [3.8, 4) is 0 Å². The summed E-state index contributed by atoms with van der Waals surface area (Å²) in [6, 6.07) is 5.82. The normalized spacial score (nSPS) is 18.1. The first-order chi connectivity index (χ1) is 9.63. The smallest absolute Gasteiger partial charge is 0.256 e. The molecule has 1 aromatic carbocycles. The second-order valence-corrected chi connectivity index (χ2v) is 6.64. The molecule has 3 nitrogen and oxygen atoms in total. The summed E-state index contributed by atoms with van der Waals surface area (Å²) in [6.45, 7) is 2.96. The van der Waals surface area contributed by atoms with E-state index in [1.54, 1.807) is 6.07 Å². The summed E-state index contributed by atoms with van der Waals surface area (Å²) in [7, 11) is 1.89. The SMILES string of the molecule is CCCNc1ccc(Cl)cc1C(=O)N(C)C1CCSC1. The lowest BCUT2D eigenvalue weighted by molar-refractivity contribution is 0.0749. The van der Waals surface area contributed by atoms with Gasteiger partial charge in [-0.25, -0.2) is 0 Å². The maximum Gasteiger partial charge on any atom is 0.256 e. The number of nitrogens with one attached hydrogen (secondary N) is 1. The van der Waals surface area contributed by atoms with Gasteiger partial charge >= 0.3 is 0 Å². The van der Waals surface area contributed by atoms with E-state index in [1.165, 1.54) is 0 Å². The molecule has 0 saturated carbocycles. The maximum atomic E-state index is 12.7. The number of benzene rings is 1. The van der Waals surface area contributed by atoms with Gasteiger partial charge in [0.2, 0.25) is 0 Å². The van der Waals surface area contributed by atoms with Gasteiger partial charge in [-0.1, -0.05) is 18.5 Å². The molecule has 20 heavy (non-hydrogen) atoms. The minimum atomic E-state index is 0.0543. The molecular formula is C15H21ClN2OS. The number of hydrogen-bond donors (Lipinski definition) is 1. The number of rotatable bonds is 5. The summed E-state index contributed by atoms with van der Waals surface area (Å²) in [6.07, 6.45) is 2.09. The number of hydrogen-bond acceptors (Lipinski definition) is 3. The van der Waals surface area contributed by atoms with E-state index in [-0.39, 0.29) is 5.91 Å². The zero-order chi connectivity index (χ0) is 14.5. The Balaban J connectivity index is 2.20. The summed E-state index contributed by atoms with van der Waals surface area (Å²) in [5, 5.41) is 3.91. The van der Waals surface area contributed by atoms with E-state index in [0.29, 0.717) is 16.6 Å². The molecule has 0 aromatic heterocycles. The highest BCUT2D eigenvalue weighted by atomic mass is 35.5. The zero-order valence-electron chi connectivity index (χ0n) is 12.0. The fraction of sp³-hybridized carbons (Fsp3) is 0.533. The Bertz CT molecular complexity index is 475. The number of thioether (sulfide) groups is 1. The van der Waals surface area contributed by atoms with Crippen LogP contribution in [-0.4, -0.2) is 41.9 Å². The molecule has 0 spiro atoms. The molecule has 1 heterocycles. The first-order valence-corrected chi connectivity index (χ1v) is 8.55. The molecule has 1 aliphatic heterocycles. The first-order valence-electron chi connectivity index (χ1n) is 7.01. The lowest BCUT2D eigenvalue weighted by Gasteiger charge is -2.25. The van der Waals surface area contributed by atoms with E-state index in [1.807, 2.05) is 35.8 Å². The molecule has 1 atom stereocenters. The van der Waals surface area contributed by atoms with Crippen molar-refractivity contribution in [3.63, 3.8) is 0 Å². The summed E-state index contributed by atoms with van der Waals surface area (Å²) in [5.74, 6) is 2.22. The van der Waals surface area contributed by atoms with Crippen molar-refractivity contribution in [1.82, 2.24) is 4.90 Å². The number of nitrogens with zero attached hydrogens (tertiary/aromatic N) is 1. The van der Waals surface area contributed by atoms with Crippen molar-refractivity contribution in [3.05, 3.63) is 28.8 Å². The van der Waals surface area contributed by atoms with E-state index in [9.17, 15) is 4.79 Å². The van der Waals surface area contributed by atoms with Gasteiger partial charge in [0.15, 0.2) is 0 Å². The van der Waals surface area contributed by atoms with Crippen LogP contribution in [0, 0.1) is 0 Å². The Morgan fingerprint density at radius 1 is 1.55 bits per heavy atom. The lowest BCUT2D eigenvalue weighted by atomic mass is 10.1. The highest BCUT2D eigenvalue weighted by Crippen LogP contribution is 2.26. The van der Waals surface area contributed by atoms with Crippen LogP contribution in [0.1, 0.15) is 30.1 Å². The molecule has 1 fully saturated rings. The van der Waals surface area contributed by atoms with Crippen LogP contribution in [0.3, 0.4) is 0 Å². The van der Waals surface area contributed by atoms with Crippen molar-refractivity contribution in [2.45, 2.75) is 25.8 Å². The highest BCUT2D eigenvalue weighted by molar-refractivity contribution is 7.99. The van der Waals surface area contributed by atoms with Crippen LogP contribution < -0.4 is 5.32 Å². The standard InChI is InChI=1S/C15H21ClN2OS/c1-3-7-17-14-5-4-11(16)9-13(14)15(19)18(2)12-6-8-20-10-12/h4-5,9,12,17H,3,6-8,10H2,1-2H3. The maximum absolute atomic E-state index is 12.7. The van der Waals surface area contributed by atoms with Crippen LogP contribution >= 0.6 is 23.4 Å². The molecule has 5 heteroatoms. The molecule has 2 rings (SSSR count). The average Bonchev–Trinajstić information content (AvgIpc) is 2.98. The second kappa shape index (κ2) is 7.23. The zero-order valence-corrected chi connectivity index (χ0v) is 13.6. The molecule has 1 aromatic rings. The van der Waals surface area contributed by atoms with Gasteiger partial charge in [0.1, 0.15) is 0 Å². The van der Waals surface area contributed by atoms with Gasteiger partial charge in [0, 0.05) is 36.1 Å². The van der Waals surface area contributed by atoms with Crippen molar-refractivity contribution in [2.24, 2.45) is 0 Å². The van der Waals surface area contributed by atoms with Crippen molar-refractivity contribution < 1.29 is 4.79 Å². The van der Waals surface area contributed by atoms with Gasteiger partial charge in [-0.05, 0) is 36.8 Å². The van der Waals surface area contributed by atoms with Gasteiger partial charge in [-0.3, -0.25) is 4.79 Å². The Morgan fingerprint density at radius 2 is 2.35 bits per heavy atom. The molecule has 1 unspecified atom stereocenters. The van der Waals surface area contributed by atoms with Gasteiger partial charge in [-0.15, -0.1) is 0 Å². The molecule has 110 valence electrons. The molecule has 1 saturated heterocycles. The van der Waals surface area contributed by atoms with Crippen molar-refractivity contribution in [2.75, 3.05) is 30.4 Å². The van der Waals surface area contributed by atoms with E-state index >= 15 is 0 Å². The minimum absolute atomic E-state index is 0.0543. The van der Waals surface area contributed by atoms with Crippen LogP contribution in [0.2, 0.25) is 5.02 Å². The summed E-state index contributed by atoms with van der Waals surface area (Å²) < 4.78 is 0. The van der Waals surface area contributed by atoms with Crippen molar-refractivity contribution >= 4 is 35.0 Å². The predicted molar refractivity (Wildman–Crippen MR) is 88.1 cm³/mol. The van der Waals surface area contributed by atoms with Crippen LogP contribution in [-0.2, 0) is 0 Å². The predicted octanol–water partition coefficient (Wildman–Crippen LogP) is 3.74. The van der Waals surface area contributed by atoms with E-state index < -0.39 is 0 Å². The first kappa shape index (κ1) is 15.5. The number of anilines is 1. The molecule has 1 aliphatic rings. The molecule has 0 aliphatic carbocycles. The number of carbonyl (C=O) groups is 1. The number of carbonyl (C=O) groups excluding carboxylic acids is 1. The molecule has 0 radical (unpaired) electrons. The lowest BCUT2D eigenvalue weighted by Crippen LogP contribution is -2.37. The molecule has 1 amide bonds. The Morgan fingerprint density at radius 3 is 3.00 bits per heavy atom. The Hall–Kier alpha value is -0.870. The number of halogens is 1. The average molecular weight is 313 g/mol. The van der Waals surface area contributed by atoms with Gasteiger partial charge in [0.05, 0.1) is 5.56 Å². The van der Waals surface area contributed by atoms with E-state index in [0.717, 1.165) is 36.6 Å². The fourth-order valence-corrected chi connectivity index (χ4v) is 3.73. The van der Waals surface area contributed by atoms with Crippen molar-refractivity contribution in [1.29, 1.82) is 0 Å². The fourth-order valence-electron chi connectivity index (χ4n) is 2.29. The Labute approximate surface area is 130 Å². The quantitative estimate of drug-likeness (QED) is 0.899. The van der Waals surface area contributed by atoms with Crippen LogP contribution in [0.15, 0.2) is 18.2 Å². The highest BCUT2D eigenvalue weighted by Gasteiger charge is 2.26. The van der Waals surface area contributed by atoms with Gasteiger partial charge in [-0.2, -0.15) is 11.8 Å². The third-order valence-corrected chi connectivity index (χ3v) is 4.93. The van der Waals surface area contributed by atoms with Gasteiger partial charge < -0.3 is 10.2 Å². The summed E-state index contributed by atoms with van der Waals surface area (Å²) >= 11 is 7.97. The largest absolute Gasteiger partial charge is 0.384 e. The summed E-state index contributed by atoms with van der Waals surface area (Å²) in [4.78, 5) is 14.5. The van der Waals surface area contributed by atoms with E-state index in [4.69, 9.17) is 11.6 Å².